The Labute approximate surface area is 127 Å². The van der Waals surface area contributed by atoms with Gasteiger partial charge in [0.05, 0.1) is 6.07 Å². The van der Waals surface area contributed by atoms with Gasteiger partial charge in [0.2, 0.25) is 0 Å². The van der Waals surface area contributed by atoms with Gasteiger partial charge < -0.3 is 4.74 Å². The third kappa shape index (κ3) is 3.22. The molecule has 2 atom stereocenters. The second-order valence-corrected chi connectivity index (χ2v) is 6.65. The van der Waals surface area contributed by atoms with Gasteiger partial charge in [-0.05, 0) is 63.1 Å². The molecule has 3 heteroatoms. The predicted molar refractivity (Wildman–Crippen MR) is 83.3 cm³/mol. The van der Waals surface area contributed by atoms with Crippen LogP contribution in [-0.4, -0.2) is 17.7 Å². The van der Waals surface area contributed by atoms with Gasteiger partial charge in [0.1, 0.15) is 17.4 Å². The van der Waals surface area contributed by atoms with Crippen LogP contribution in [0.15, 0.2) is 18.2 Å². The maximum absolute atomic E-state index is 9.63. The molecule has 0 saturated heterocycles. The molecule has 112 valence electrons. The van der Waals surface area contributed by atoms with E-state index < -0.39 is 0 Å². The predicted octanol–water partition coefficient (Wildman–Crippen LogP) is 3.64. The molecular weight excluding hydrogens is 260 g/mol. The van der Waals surface area contributed by atoms with E-state index in [0.29, 0.717) is 6.04 Å². The van der Waals surface area contributed by atoms with E-state index in [9.17, 15) is 5.26 Å². The number of rotatable bonds is 4. The monoisotopic (exact) mass is 284 g/mol. The van der Waals surface area contributed by atoms with Crippen LogP contribution in [-0.2, 0) is 0 Å². The smallest absolute Gasteiger partial charge is 0.122 e. The van der Waals surface area contributed by atoms with E-state index in [-0.39, 0.29) is 11.6 Å². The fraction of sp³-hybridized carbons (Fsp3) is 0.611. The van der Waals surface area contributed by atoms with Crippen molar-refractivity contribution in [3.05, 3.63) is 29.3 Å². The molecule has 2 saturated carbocycles. The lowest BCUT2D eigenvalue weighted by atomic mass is 9.81. The highest BCUT2D eigenvalue weighted by Crippen LogP contribution is 2.35. The number of hydrogen-bond donors (Lipinski definition) is 1. The lowest BCUT2D eigenvalue weighted by Gasteiger charge is -2.37. The van der Waals surface area contributed by atoms with Crippen molar-refractivity contribution in [1.29, 1.82) is 5.26 Å². The third-order valence-electron chi connectivity index (χ3n) is 4.83. The van der Waals surface area contributed by atoms with Crippen LogP contribution in [0.2, 0.25) is 0 Å². The second-order valence-electron chi connectivity index (χ2n) is 6.65. The van der Waals surface area contributed by atoms with Gasteiger partial charge in [0.25, 0.3) is 0 Å². The Hall–Kier alpha value is -1.53. The molecule has 2 unspecified atom stereocenters. The Bertz CT molecular complexity index is 559. The molecule has 0 radical (unpaired) electrons. The van der Waals surface area contributed by atoms with Crippen LogP contribution in [0.5, 0.6) is 5.75 Å². The van der Waals surface area contributed by atoms with Gasteiger partial charge in [-0.2, -0.15) is 5.26 Å². The summed E-state index contributed by atoms with van der Waals surface area (Å²) in [6.45, 7) is 4.21. The standard InChI is InChI=1S/C18H24N2O/c1-13-5-3-7-17(14(13)2)21-16-6-4-10-18(11-16,12-19)20-15-8-9-15/h3,5,7,15-16,20H,4,6,8-11H2,1-2H3. The Balaban J connectivity index is 1.71. The summed E-state index contributed by atoms with van der Waals surface area (Å²) in [5.74, 6) is 0.972. The number of nitrogens with one attached hydrogen (secondary N) is 1. The average molecular weight is 284 g/mol. The number of hydrogen-bond acceptors (Lipinski definition) is 3. The Morgan fingerprint density at radius 2 is 2.10 bits per heavy atom. The van der Waals surface area contributed by atoms with Crippen molar-refractivity contribution < 1.29 is 4.74 Å². The zero-order chi connectivity index (χ0) is 14.9. The van der Waals surface area contributed by atoms with Crippen LogP contribution in [0, 0.1) is 25.2 Å². The van der Waals surface area contributed by atoms with E-state index >= 15 is 0 Å². The van der Waals surface area contributed by atoms with Crippen LogP contribution in [0.1, 0.15) is 49.7 Å². The van der Waals surface area contributed by atoms with Crippen molar-refractivity contribution in [2.75, 3.05) is 0 Å². The fourth-order valence-electron chi connectivity index (χ4n) is 3.24. The first-order chi connectivity index (χ1) is 10.1. The summed E-state index contributed by atoms with van der Waals surface area (Å²) in [7, 11) is 0. The molecule has 3 nitrogen and oxygen atoms in total. The highest BCUT2D eigenvalue weighted by Gasteiger charge is 2.41. The van der Waals surface area contributed by atoms with Crippen LogP contribution >= 0.6 is 0 Å². The van der Waals surface area contributed by atoms with Crippen molar-refractivity contribution in [2.45, 2.75) is 70.1 Å². The maximum Gasteiger partial charge on any atom is 0.122 e. The van der Waals surface area contributed by atoms with Gasteiger partial charge in [0.15, 0.2) is 0 Å². The topological polar surface area (TPSA) is 45.0 Å². The minimum atomic E-state index is -0.373. The zero-order valence-corrected chi connectivity index (χ0v) is 13.0. The molecule has 2 fully saturated rings. The summed E-state index contributed by atoms with van der Waals surface area (Å²) < 4.78 is 6.23. The van der Waals surface area contributed by atoms with Crippen molar-refractivity contribution in [2.24, 2.45) is 0 Å². The number of aryl methyl sites for hydroxylation is 1. The molecule has 1 aromatic rings. The minimum Gasteiger partial charge on any atom is -0.490 e. The molecule has 0 aromatic heterocycles. The number of nitriles is 1. The largest absolute Gasteiger partial charge is 0.490 e. The van der Waals surface area contributed by atoms with Gasteiger partial charge in [0, 0.05) is 12.5 Å². The highest BCUT2D eigenvalue weighted by molar-refractivity contribution is 5.38. The van der Waals surface area contributed by atoms with E-state index in [4.69, 9.17) is 4.74 Å². The first-order valence-corrected chi connectivity index (χ1v) is 8.04. The summed E-state index contributed by atoms with van der Waals surface area (Å²) in [6, 6.07) is 9.29. The quantitative estimate of drug-likeness (QED) is 0.918. The normalized spacial score (nSPS) is 28.9. The lowest BCUT2D eigenvalue weighted by Crippen LogP contribution is -2.50. The maximum atomic E-state index is 9.63. The third-order valence-corrected chi connectivity index (χ3v) is 4.83. The van der Waals surface area contributed by atoms with E-state index in [1.54, 1.807) is 0 Å². The van der Waals surface area contributed by atoms with E-state index in [2.05, 4.69) is 31.3 Å². The van der Waals surface area contributed by atoms with E-state index in [1.165, 1.54) is 24.0 Å². The fourth-order valence-corrected chi connectivity index (χ4v) is 3.24. The van der Waals surface area contributed by atoms with Gasteiger partial charge in [-0.25, -0.2) is 0 Å². The molecule has 21 heavy (non-hydrogen) atoms. The molecule has 0 bridgehead atoms. The number of nitrogens with zero attached hydrogens (tertiary/aromatic N) is 1. The van der Waals surface area contributed by atoms with Crippen molar-refractivity contribution in [1.82, 2.24) is 5.32 Å². The average Bonchev–Trinajstić information content (AvgIpc) is 3.28. The lowest BCUT2D eigenvalue weighted by molar-refractivity contribution is 0.111. The van der Waals surface area contributed by atoms with Crippen LogP contribution < -0.4 is 10.1 Å². The highest BCUT2D eigenvalue weighted by atomic mass is 16.5. The first kappa shape index (κ1) is 14.4. The summed E-state index contributed by atoms with van der Waals surface area (Å²) in [6.07, 6.45) is 6.43. The summed E-state index contributed by atoms with van der Waals surface area (Å²) in [5, 5.41) is 13.2. The molecule has 1 N–H and O–H groups in total. The van der Waals surface area contributed by atoms with E-state index in [0.717, 1.165) is 31.4 Å². The van der Waals surface area contributed by atoms with E-state index in [1.807, 2.05) is 12.1 Å². The van der Waals surface area contributed by atoms with Gasteiger partial charge in [-0.3, -0.25) is 5.32 Å². The SMILES string of the molecule is Cc1cccc(OC2CCCC(C#N)(NC3CC3)C2)c1C. The molecular formula is C18H24N2O. The minimum absolute atomic E-state index is 0.144. The van der Waals surface area contributed by atoms with Crippen LogP contribution in [0.25, 0.3) is 0 Å². The van der Waals surface area contributed by atoms with Crippen LogP contribution in [0.3, 0.4) is 0 Å². The number of benzene rings is 1. The molecule has 0 heterocycles. The first-order valence-electron chi connectivity index (χ1n) is 8.04. The molecule has 0 spiro atoms. The van der Waals surface area contributed by atoms with Crippen molar-refractivity contribution in [3.8, 4) is 11.8 Å². The Kier molecular flexibility index (Phi) is 3.91. The van der Waals surface area contributed by atoms with Crippen molar-refractivity contribution >= 4 is 0 Å². The summed E-state index contributed by atoms with van der Waals surface area (Å²) in [5.41, 5.74) is 2.09. The molecule has 2 aliphatic carbocycles. The number of ether oxygens (including phenoxy) is 1. The van der Waals surface area contributed by atoms with Gasteiger partial charge in [-0.15, -0.1) is 0 Å². The van der Waals surface area contributed by atoms with Gasteiger partial charge >= 0.3 is 0 Å². The summed E-state index contributed by atoms with van der Waals surface area (Å²) >= 11 is 0. The molecule has 3 rings (SSSR count). The van der Waals surface area contributed by atoms with Crippen molar-refractivity contribution in [3.63, 3.8) is 0 Å². The second kappa shape index (κ2) is 5.69. The molecule has 1 aromatic carbocycles. The van der Waals surface area contributed by atoms with Gasteiger partial charge in [-0.1, -0.05) is 12.1 Å². The zero-order valence-electron chi connectivity index (χ0n) is 13.0. The Morgan fingerprint density at radius 3 is 2.81 bits per heavy atom. The molecule has 0 amide bonds. The Morgan fingerprint density at radius 1 is 1.29 bits per heavy atom. The van der Waals surface area contributed by atoms with Crippen LogP contribution in [0.4, 0.5) is 0 Å². The summed E-state index contributed by atoms with van der Waals surface area (Å²) in [4.78, 5) is 0. The molecule has 0 aliphatic heterocycles. The molecule has 2 aliphatic rings.